The summed E-state index contributed by atoms with van der Waals surface area (Å²) in [7, 11) is -2.19. The van der Waals surface area contributed by atoms with Crippen LogP contribution in [0.25, 0.3) is 0 Å². The Hall–Kier alpha value is -2.29. The van der Waals surface area contributed by atoms with Crippen LogP contribution < -0.4 is 14.2 Å². The second kappa shape index (κ2) is 8.88. The maximum Gasteiger partial charge on any atom is 0.335 e. The molecule has 0 aromatic heterocycles. The SMILES string of the molecule is COc1cc(C(=O)O)ccc1OCCCNS(=O)(=O)c1ccc(Cl)cc1. The molecule has 140 valence electrons. The number of ether oxygens (including phenoxy) is 2. The largest absolute Gasteiger partial charge is 0.493 e. The maximum absolute atomic E-state index is 12.1. The molecule has 2 N–H and O–H groups in total. The van der Waals surface area contributed by atoms with E-state index in [9.17, 15) is 13.2 Å². The molecule has 0 heterocycles. The van der Waals surface area contributed by atoms with Gasteiger partial charge in [-0.05, 0) is 48.9 Å². The van der Waals surface area contributed by atoms with Crippen LogP contribution >= 0.6 is 11.6 Å². The van der Waals surface area contributed by atoms with Crippen LogP contribution in [-0.4, -0.2) is 39.8 Å². The number of nitrogens with one attached hydrogen (secondary N) is 1. The molecular weight excluding hydrogens is 382 g/mol. The first-order chi connectivity index (χ1) is 12.3. The van der Waals surface area contributed by atoms with Gasteiger partial charge in [0.1, 0.15) is 0 Å². The van der Waals surface area contributed by atoms with Gasteiger partial charge in [0.15, 0.2) is 11.5 Å². The number of carboxylic acids is 1. The number of halogens is 1. The Kier molecular flexibility index (Phi) is 6.84. The van der Waals surface area contributed by atoms with Gasteiger partial charge < -0.3 is 14.6 Å². The number of carbonyl (C=O) groups is 1. The molecule has 0 amide bonds. The van der Waals surface area contributed by atoms with Gasteiger partial charge in [-0.1, -0.05) is 11.6 Å². The number of sulfonamides is 1. The summed E-state index contributed by atoms with van der Waals surface area (Å²) in [5.41, 5.74) is 0.0879. The average molecular weight is 400 g/mol. The Morgan fingerprint density at radius 3 is 2.46 bits per heavy atom. The third kappa shape index (κ3) is 5.35. The smallest absolute Gasteiger partial charge is 0.335 e. The first kappa shape index (κ1) is 20.0. The quantitative estimate of drug-likeness (QED) is 0.628. The zero-order valence-electron chi connectivity index (χ0n) is 13.9. The number of benzene rings is 2. The molecule has 0 saturated heterocycles. The van der Waals surface area contributed by atoms with Crippen LogP contribution in [0.4, 0.5) is 0 Å². The summed E-state index contributed by atoms with van der Waals surface area (Å²) in [6.07, 6.45) is 0.413. The van der Waals surface area contributed by atoms with Crippen LogP contribution in [0.5, 0.6) is 11.5 Å². The summed E-state index contributed by atoms with van der Waals surface area (Å²) >= 11 is 5.74. The van der Waals surface area contributed by atoms with Crippen LogP contribution in [0.15, 0.2) is 47.4 Å². The van der Waals surface area contributed by atoms with Gasteiger partial charge in [-0.15, -0.1) is 0 Å². The highest BCUT2D eigenvalue weighted by Crippen LogP contribution is 2.28. The lowest BCUT2D eigenvalue weighted by Gasteiger charge is -2.11. The van der Waals surface area contributed by atoms with E-state index in [1.807, 2.05) is 0 Å². The second-order valence-corrected chi connectivity index (χ2v) is 7.43. The van der Waals surface area contributed by atoms with Crippen molar-refractivity contribution in [1.29, 1.82) is 0 Å². The van der Waals surface area contributed by atoms with Crippen molar-refractivity contribution in [2.45, 2.75) is 11.3 Å². The van der Waals surface area contributed by atoms with Crippen molar-refractivity contribution in [3.05, 3.63) is 53.1 Å². The van der Waals surface area contributed by atoms with E-state index < -0.39 is 16.0 Å². The molecule has 0 fully saturated rings. The maximum atomic E-state index is 12.1. The summed E-state index contributed by atoms with van der Waals surface area (Å²) in [6, 6.07) is 10.1. The Morgan fingerprint density at radius 2 is 1.85 bits per heavy atom. The monoisotopic (exact) mass is 399 g/mol. The normalized spacial score (nSPS) is 11.2. The Balaban J connectivity index is 1.85. The molecule has 0 unspecified atom stereocenters. The minimum absolute atomic E-state index is 0.0879. The van der Waals surface area contributed by atoms with Crippen LogP contribution in [0.2, 0.25) is 5.02 Å². The van der Waals surface area contributed by atoms with Crippen molar-refractivity contribution in [1.82, 2.24) is 4.72 Å². The van der Waals surface area contributed by atoms with Crippen molar-refractivity contribution in [3.8, 4) is 11.5 Å². The second-order valence-electron chi connectivity index (χ2n) is 5.22. The van der Waals surface area contributed by atoms with Gasteiger partial charge in [0, 0.05) is 11.6 Å². The van der Waals surface area contributed by atoms with E-state index in [1.165, 1.54) is 49.6 Å². The summed E-state index contributed by atoms with van der Waals surface area (Å²) in [6.45, 7) is 0.409. The molecule has 0 spiro atoms. The Morgan fingerprint density at radius 1 is 1.15 bits per heavy atom. The molecule has 0 radical (unpaired) electrons. The van der Waals surface area contributed by atoms with Crippen molar-refractivity contribution in [2.75, 3.05) is 20.3 Å². The number of carboxylic acid groups (broad SMARTS) is 1. The molecule has 9 heteroatoms. The fourth-order valence-corrected chi connectivity index (χ4v) is 3.28. The standard InChI is InChI=1S/C17H18ClNO6S/c1-24-16-11-12(17(20)21)3-8-15(16)25-10-2-9-19-26(22,23)14-6-4-13(18)5-7-14/h3-8,11,19H,2,9-10H2,1H3,(H,20,21). The van der Waals surface area contributed by atoms with Gasteiger partial charge in [0.2, 0.25) is 10.0 Å². The van der Waals surface area contributed by atoms with E-state index in [0.29, 0.717) is 22.9 Å². The van der Waals surface area contributed by atoms with E-state index in [-0.39, 0.29) is 23.6 Å². The van der Waals surface area contributed by atoms with Gasteiger partial charge in [-0.3, -0.25) is 0 Å². The van der Waals surface area contributed by atoms with Gasteiger partial charge in [0.05, 0.1) is 24.2 Å². The molecule has 7 nitrogen and oxygen atoms in total. The molecule has 2 aromatic carbocycles. The van der Waals surface area contributed by atoms with E-state index in [1.54, 1.807) is 0 Å². The molecule has 0 aliphatic rings. The lowest BCUT2D eigenvalue weighted by atomic mass is 10.2. The molecule has 0 bridgehead atoms. The lowest BCUT2D eigenvalue weighted by molar-refractivity contribution is 0.0696. The molecular formula is C17H18ClNO6S. The third-order valence-corrected chi connectivity index (χ3v) is 5.13. The average Bonchev–Trinajstić information content (AvgIpc) is 2.61. The first-order valence-corrected chi connectivity index (χ1v) is 9.49. The van der Waals surface area contributed by atoms with Crippen LogP contribution in [-0.2, 0) is 10.0 Å². The minimum atomic E-state index is -3.60. The number of hydrogen-bond acceptors (Lipinski definition) is 5. The minimum Gasteiger partial charge on any atom is -0.493 e. The highest BCUT2D eigenvalue weighted by molar-refractivity contribution is 7.89. The van der Waals surface area contributed by atoms with Crippen molar-refractivity contribution >= 4 is 27.6 Å². The molecule has 0 aliphatic heterocycles. The van der Waals surface area contributed by atoms with E-state index in [4.69, 9.17) is 26.2 Å². The zero-order chi connectivity index (χ0) is 19.2. The van der Waals surface area contributed by atoms with Gasteiger partial charge in [0.25, 0.3) is 0 Å². The summed E-state index contributed by atoms with van der Waals surface area (Å²) in [5.74, 6) is -0.379. The Bertz CT molecular complexity index is 867. The number of rotatable bonds is 9. The summed E-state index contributed by atoms with van der Waals surface area (Å²) in [5, 5.41) is 9.42. The van der Waals surface area contributed by atoms with Crippen molar-refractivity contribution in [2.24, 2.45) is 0 Å². The highest BCUT2D eigenvalue weighted by Gasteiger charge is 2.13. The van der Waals surface area contributed by atoms with Gasteiger partial charge in [-0.2, -0.15) is 0 Å². The molecule has 26 heavy (non-hydrogen) atoms. The van der Waals surface area contributed by atoms with Gasteiger partial charge in [-0.25, -0.2) is 17.9 Å². The van der Waals surface area contributed by atoms with Crippen LogP contribution in [0.1, 0.15) is 16.8 Å². The first-order valence-electron chi connectivity index (χ1n) is 7.63. The number of methoxy groups -OCH3 is 1. The van der Waals surface area contributed by atoms with Crippen molar-refractivity contribution < 1.29 is 27.8 Å². The highest BCUT2D eigenvalue weighted by atomic mass is 35.5. The predicted molar refractivity (Wildman–Crippen MR) is 96.7 cm³/mol. The van der Waals surface area contributed by atoms with E-state index in [0.717, 1.165) is 0 Å². The predicted octanol–water partition coefficient (Wildman–Crippen LogP) is 2.79. The molecule has 0 aliphatic carbocycles. The number of hydrogen-bond donors (Lipinski definition) is 2. The molecule has 2 aromatic rings. The third-order valence-electron chi connectivity index (χ3n) is 3.41. The van der Waals surface area contributed by atoms with E-state index in [2.05, 4.69) is 4.72 Å². The van der Waals surface area contributed by atoms with Crippen molar-refractivity contribution in [3.63, 3.8) is 0 Å². The topological polar surface area (TPSA) is 102 Å². The summed E-state index contributed by atoms with van der Waals surface area (Å²) < 4.78 is 37.3. The molecule has 0 atom stereocenters. The molecule has 0 saturated carbocycles. The van der Waals surface area contributed by atoms with Crippen LogP contribution in [0.3, 0.4) is 0 Å². The summed E-state index contributed by atoms with van der Waals surface area (Å²) in [4.78, 5) is 11.1. The fraction of sp³-hybridized carbons (Fsp3) is 0.235. The fourth-order valence-electron chi connectivity index (χ4n) is 2.08. The number of aromatic carboxylic acids is 1. The van der Waals surface area contributed by atoms with Crippen LogP contribution in [0, 0.1) is 0 Å². The lowest BCUT2D eigenvalue weighted by Crippen LogP contribution is -2.25. The zero-order valence-corrected chi connectivity index (χ0v) is 15.5. The molecule has 2 rings (SSSR count). The van der Waals surface area contributed by atoms with E-state index >= 15 is 0 Å². The Labute approximate surface area is 156 Å². The van der Waals surface area contributed by atoms with Gasteiger partial charge >= 0.3 is 5.97 Å².